The third-order valence-electron chi connectivity index (χ3n) is 3.90. The molecule has 0 saturated heterocycles. The summed E-state index contributed by atoms with van der Waals surface area (Å²) in [6.45, 7) is 6.71. The highest BCUT2D eigenvalue weighted by Gasteiger charge is 2.21. The number of nitrogens with zero attached hydrogens (tertiary/aromatic N) is 2. The smallest absolute Gasteiger partial charge is 0.329 e. The maximum Gasteiger partial charge on any atom is 0.329 e. The van der Waals surface area contributed by atoms with E-state index in [1.54, 1.807) is 0 Å². The van der Waals surface area contributed by atoms with Gasteiger partial charge in [0, 0.05) is 18.8 Å². The molecule has 0 atom stereocenters. The molecule has 2 rings (SSSR count). The van der Waals surface area contributed by atoms with Crippen LogP contribution in [0.1, 0.15) is 31.1 Å². The summed E-state index contributed by atoms with van der Waals surface area (Å²) in [7, 11) is 0. The van der Waals surface area contributed by atoms with Crippen molar-refractivity contribution < 1.29 is 4.79 Å². The van der Waals surface area contributed by atoms with Gasteiger partial charge in [-0.2, -0.15) is 0 Å². The number of rotatable bonds is 7. The molecule has 0 radical (unpaired) electrons. The highest BCUT2D eigenvalue weighted by Crippen LogP contribution is 2.15. The molecule has 0 unspecified atom stereocenters. The zero-order valence-electron chi connectivity index (χ0n) is 14.8. The zero-order valence-corrected chi connectivity index (χ0v) is 14.8. The third kappa shape index (κ3) is 4.17. The lowest BCUT2D eigenvalue weighted by atomic mass is 10.1. The Labute approximate surface area is 146 Å². The second-order valence-corrected chi connectivity index (χ2v) is 6.30. The van der Waals surface area contributed by atoms with Crippen molar-refractivity contribution in [2.24, 2.45) is 5.92 Å². The summed E-state index contributed by atoms with van der Waals surface area (Å²) >= 11 is 0. The Hall–Kier alpha value is -2.83. The minimum atomic E-state index is -0.739. The van der Waals surface area contributed by atoms with E-state index in [9.17, 15) is 14.4 Å². The van der Waals surface area contributed by atoms with Gasteiger partial charge >= 0.3 is 5.69 Å². The number of ketones is 1. The highest BCUT2D eigenvalue weighted by molar-refractivity contribution is 6.02. The number of hydrogen-bond acceptors (Lipinski definition) is 5. The number of aromatic amines is 1. The molecule has 1 heterocycles. The molecule has 0 spiro atoms. The van der Waals surface area contributed by atoms with Crippen LogP contribution < -0.4 is 21.9 Å². The normalized spacial score (nSPS) is 10.9. The zero-order chi connectivity index (χ0) is 18.6. The van der Waals surface area contributed by atoms with Crippen molar-refractivity contribution in [2.75, 3.05) is 23.7 Å². The standard InChI is InChI=1S/C18H24N4O3/c1-4-21(13-8-6-5-7-9-13)11-14(23)15-16(19)22(10-12(2)3)18(25)20-17(15)24/h5-9,12H,4,10-11,19H2,1-3H3,(H,20,24,25). The van der Waals surface area contributed by atoms with Crippen LogP contribution in [0.25, 0.3) is 0 Å². The van der Waals surface area contributed by atoms with Crippen molar-refractivity contribution >= 4 is 17.3 Å². The number of H-pyrrole nitrogens is 1. The lowest BCUT2D eigenvalue weighted by Crippen LogP contribution is -2.39. The van der Waals surface area contributed by atoms with Crippen molar-refractivity contribution in [3.05, 3.63) is 56.7 Å². The topological polar surface area (TPSA) is 101 Å². The minimum Gasteiger partial charge on any atom is -0.384 e. The van der Waals surface area contributed by atoms with E-state index in [1.165, 1.54) is 4.57 Å². The van der Waals surface area contributed by atoms with Crippen LogP contribution in [0.4, 0.5) is 11.5 Å². The Morgan fingerprint density at radius 2 is 1.88 bits per heavy atom. The molecule has 1 aromatic carbocycles. The number of likely N-dealkylation sites (N-methyl/N-ethyl adjacent to an activating group) is 1. The summed E-state index contributed by atoms with van der Waals surface area (Å²) in [6.07, 6.45) is 0. The molecule has 0 saturated carbocycles. The number of aromatic nitrogens is 2. The van der Waals surface area contributed by atoms with Gasteiger partial charge in [0.15, 0.2) is 5.78 Å². The van der Waals surface area contributed by atoms with E-state index < -0.39 is 17.0 Å². The van der Waals surface area contributed by atoms with Crippen molar-refractivity contribution in [1.29, 1.82) is 0 Å². The van der Waals surface area contributed by atoms with Crippen LogP contribution in [0.15, 0.2) is 39.9 Å². The summed E-state index contributed by atoms with van der Waals surface area (Å²) in [6, 6.07) is 9.44. The van der Waals surface area contributed by atoms with E-state index in [2.05, 4.69) is 4.98 Å². The molecule has 1 aromatic heterocycles. The van der Waals surface area contributed by atoms with Gasteiger partial charge in [-0.1, -0.05) is 32.0 Å². The molecule has 7 heteroatoms. The SMILES string of the molecule is CCN(CC(=O)c1c(N)n(CC(C)C)c(=O)[nH]c1=O)c1ccccc1. The van der Waals surface area contributed by atoms with E-state index in [0.717, 1.165) is 5.69 Å². The van der Waals surface area contributed by atoms with Crippen LogP contribution in [-0.2, 0) is 6.54 Å². The van der Waals surface area contributed by atoms with Crippen LogP contribution in [0.5, 0.6) is 0 Å². The van der Waals surface area contributed by atoms with Crippen LogP contribution in [0.3, 0.4) is 0 Å². The van der Waals surface area contributed by atoms with Crippen LogP contribution in [0, 0.1) is 5.92 Å². The number of anilines is 2. The van der Waals surface area contributed by atoms with Gasteiger partial charge in [0.2, 0.25) is 0 Å². The maximum absolute atomic E-state index is 12.7. The van der Waals surface area contributed by atoms with E-state index in [1.807, 2.05) is 56.0 Å². The Balaban J connectivity index is 2.39. The van der Waals surface area contributed by atoms with E-state index in [4.69, 9.17) is 5.73 Å². The summed E-state index contributed by atoms with van der Waals surface area (Å²) in [4.78, 5) is 40.9. The molecule has 0 amide bonds. The Morgan fingerprint density at radius 1 is 1.24 bits per heavy atom. The molecular weight excluding hydrogens is 320 g/mol. The molecule has 7 nitrogen and oxygen atoms in total. The first kappa shape index (κ1) is 18.5. The van der Waals surface area contributed by atoms with Gasteiger partial charge < -0.3 is 10.6 Å². The monoisotopic (exact) mass is 344 g/mol. The number of carbonyl (C=O) groups is 1. The van der Waals surface area contributed by atoms with Gasteiger partial charge in [0.25, 0.3) is 5.56 Å². The lowest BCUT2D eigenvalue weighted by molar-refractivity contribution is 0.0997. The van der Waals surface area contributed by atoms with Gasteiger partial charge in [-0.05, 0) is 25.0 Å². The van der Waals surface area contributed by atoms with Gasteiger partial charge in [0.05, 0.1) is 6.54 Å². The summed E-state index contributed by atoms with van der Waals surface area (Å²) < 4.78 is 1.25. The van der Waals surface area contributed by atoms with Crippen LogP contribution in [0.2, 0.25) is 0 Å². The number of nitrogens with one attached hydrogen (secondary N) is 1. The number of nitrogens with two attached hydrogens (primary N) is 1. The summed E-state index contributed by atoms with van der Waals surface area (Å²) in [5.41, 5.74) is 5.38. The summed E-state index contributed by atoms with van der Waals surface area (Å²) in [5, 5.41) is 0. The van der Waals surface area contributed by atoms with Crippen molar-refractivity contribution in [2.45, 2.75) is 27.3 Å². The quantitative estimate of drug-likeness (QED) is 0.741. The molecule has 0 aliphatic heterocycles. The predicted molar refractivity (Wildman–Crippen MR) is 99.2 cm³/mol. The Morgan fingerprint density at radius 3 is 2.44 bits per heavy atom. The maximum atomic E-state index is 12.7. The molecule has 0 bridgehead atoms. The Bertz CT molecular complexity index is 853. The second-order valence-electron chi connectivity index (χ2n) is 6.30. The molecule has 0 aliphatic rings. The van der Waals surface area contributed by atoms with Crippen LogP contribution in [-0.4, -0.2) is 28.4 Å². The number of nitrogen functional groups attached to an aromatic ring is 1. The fourth-order valence-corrected chi connectivity index (χ4v) is 2.68. The molecule has 2 aromatic rings. The number of carbonyl (C=O) groups excluding carboxylic acids is 1. The van der Waals surface area contributed by atoms with E-state index in [-0.39, 0.29) is 23.8 Å². The van der Waals surface area contributed by atoms with Gasteiger partial charge in [-0.25, -0.2) is 4.79 Å². The van der Waals surface area contributed by atoms with E-state index in [0.29, 0.717) is 13.1 Å². The van der Waals surface area contributed by atoms with Crippen molar-refractivity contribution in [1.82, 2.24) is 9.55 Å². The minimum absolute atomic E-state index is 0.00761. The molecular formula is C18H24N4O3. The molecule has 25 heavy (non-hydrogen) atoms. The van der Waals surface area contributed by atoms with Gasteiger partial charge in [0.1, 0.15) is 11.4 Å². The molecule has 0 fully saturated rings. The summed E-state index contributed by atoms with van der Waals surface area (Å²) in [5.74, 6) is -0.344. The van der Waals surface area contributed by atoms with Crippen LogP contribution >= 0.6 is 0 Å². The number of Topliss-reactive ketones (excluding diaryl/α,β-unsaturated/α-hetero) is 1. The first-order valence-electron chi connectivity index (χ1n) is 8.30. The molecule has 134 valence electrons. The average Bonchev–Trinajstić information content (AvgIpc) is 2.57. The third-order valence-corrected chi connectivity index (χ3v) is 3.90. The number of para-hydroxylation sites is 1. The Kier molecular flexibility index (Phi) is 5.80. The van der Waals surface area contributed by atoms with Gasteiger partial charge in [-0.3, -0.25) is 19.1 Å². The lowest BCUT2D eigenvalue weighted by Gasteiger charge is -2.22. The number of hydrogen-bond donors (Lipinski definition) is 2. The first-order valence-corrected chi connectivity index (χ1v) is 8.30. The fraction of sp³-hybridized carbons (Fsp3) is 0.389. The highest BCUT2D eigenvalue weighted by atomic mass is 16.2. The predicted octanol–water partition coefficient (Wildman–Crippen LogP) is 1.48. The largest absolute Gasteiger partial charge is 0.384 e. The average molecular weight is 344 g/mol. The molecule has 3 N–H and O–H groups in total. The van der Waals surface area contributed by atoms with Gasteiger partial charge in [-0.15, -0.1) is 0 Å². The molecule has 0 aliphatic carbocycles. The fourth-order valence-electron chi connectivity index (χ4n) is 2.68. The number of benzene rings is 1. The van der Waals surface area contributed by atoms with Crippen molar-refractivity contribution in [3.8, 4) is 0 Å². The van der Waals surface area contributed by atoms with E-state index >= 15 is 0 Å². The second kappa shape index (κ2) is 7.83. The first-order chi connectivity index (χ1) is 11.8. The van der Waals surface area contributed by atoms with Crippen molar-refractivity contribution in [3.63, 3.8) is 0 Å².